The molecule has 1 atom stereocenters. The van der Waals surface area contributed by atoms with E-state index in [0.717, 1.165) is 25.7 Å². The molecule has 1 aliphatic heterocycles. The first-order valence-electron chi connectivity index (χ1n) is 7.28. The van der Waals surface area contributed by atoms with Crippen molar-refractivity contribution in [1.29, 1.82) is 0 Å². The van der Waals surface area contributed by atoms with Crippen LogP contribution in [0.3, 0.4) is 0 Å². The molecule has 2 fully saturated rings. The molecule has 7 heteroatoms. The third-order valence-electron chi connectivity index (χ3n) is 4.13. The normalized spacial score (nSPS) is 25.8. The summed E-state index contributed by atoms with van der Waals surface area (Å²) in [6.07, 6.45) is 4.88. The highest BCUT2D eigenvalue weighted by molar-refractivity contribution is 7.91. The van der Waals surface area contributed by atoms with Gasteiger partial charge in [-0.3, -0.25) is 0 Å². The van der Waals surface area contributed by atoms with Gasteiger partial charge in [0.15, 0.2) is 9.84 Å². The van der Waals surface area contributed by atoms with Crippen molar-refractivity contribution in [2.24, 2.45) is 0 Å². The topological polar surface area (TPSA) is 75.7 Å². The van der Waals surface area contributed by atoms with Crippen LogP contribution in [0.4, 0.5) is 4.79 Å². The number of methoxy groups -OCH3 is 1. The highest BCUT2D eigenvalue weighted by Crippen LogP contribution is 2.20. The van der Waals surface area contributed by atoms with Crippen molar-refractivity contribution in [2.45, 2.75) is 44.2 Å². The first-order valence-corrected chi connectivity index (χ1v) is 9.10. The first-order chi connectivity index (χ1) is 9.52. The highest BCUT2D eigenvalue weighted by atomic mass is 32.2. The number of ether oxygens (including phenoxy) is 1. The predicted octanol–water partition coefficient (Wildman–Crippen LogP) is 0.774. The monoisotopic (exact) mass is 304 g/mol. The zero-order valence-corrected chi connectivity index (χ0v) is 12.8. The second kappa shape index (κ2) is 6.76. The second-order valence-electron chi connectivity index (χ2n) is 5.67. The van der Waals surface area contributed by atoms with Crippen molar-refractivity contribution in [3.63, 3.8) is 0 Å². The fourth-order valence-electron chi connectivity index (χ4n) is 2.99. The lowest BCUT2D eigenvalue weighted by Crippen LogP contribution is -2.50. The van der Waals surface area contributed by atoms with Gasteiger partial charge in [0, 0.05) is 25.7 Å². The van der Waals surface area contributed by atoms with Crippen LogP contribution >= 0.6 is 0 Å². The van der Waals surface area contributed by atoms with Gasteiger partial charge in [-0.25, -0.2) is 13.2 Å². The van der Waals surface area contributed by atoms with Gasteiger partial charge in [-0.15, -0.1) is 0 Å². The van der Waals surface area contributed by atoms with Gasteiger partial charge in [0.2, 0.25) is 0 Å². The molecule has 0 spiro atoms. The van der Waals surface area contributed by atoms with E-state index in [1.54, 1.807) is 12.0 Å². The molecule has 1 unspecified atom stereocenters. The van der Waals surface area contributed by atoms with Crippen molar-refractivity contribution >= 4 is 15.9 Å². The minimum Gasteiger partial charge on any atom is -0.383 e. The molecule has 0 radical (unpaired) electrons. The first kappa shape index (κ1) is 15.6. The van der Waals surface area contributed by atoms with E-state index >= 15 is 0 Å². The molecular formula is C13H24N2O4S. The third kappa shape index (κ3) is 4.09. The number of nitrogens with one attached hydrogen (secondary N) is 1. The highest BCUT2D eigenvalue weighted by Gasteiger charge is 2.35. The van der Waals surface area contributed by atoms with Gasteiger partial charge in [0.1, 0.15) is 0 Å². The minimum absolute atomic E-state index is 0.0782. The lowest BCUT2D eigenvalue weighted by molar-refractivity contribution is 0.132. The summed E-state index contributed by atoms with van der Waals surface area (Å²) in [5.41, 5.74) is 0. The largest absolute Gasteiger partial charge is 0.383 e. The van der Waals surface area contributed by atoms with E-state index in [1.165, 1.54) is 0 Å². The average molecular weight is 304 g/mol. The average Bonchev–Trinajstić information content (AvgIpc) is 3.00. The Morgan fingerprint density at radius 1 is 1.30 bits per heavy atom. The van der Waals surface area contributed by atoms with Gasteiger partial charge < -0.3 is 15.0 Å². The fraction of sp³-hybridized carbons (Fsp3) is 0.923. The number of hydrogen-bond acceptors (Lipinski definition) is 4. The van der Waals surface area contributed by atoms with Crippen LogP contribution in [-0.2, 0) is 14.6 Å². The summed E-state index contributed by atoms with van der Waals surface area (Å²) in [5.74, 6) is 0.257. The lowest BCUT2D eigenvalue weighted by Gasteiger charge is -2.29. The summed E-state index contributed by atoms with van der Waals surface area (Å²) < 4.78 is 28.2. The lowest BCUT2D eigenvalue weighted by atomic mass is 10.2. The standard InChI is InChI=1S/C13H24N2O4S/c1-19-8-7-15(12-6-9-20(17,18)10-12)13(16)14-11-4-2-3-5-11/h11-12H,2-10H2,1H3,(H,14,16). The molecule has 2 aliphatic rings. The molecule has 6 nitrogen and oxygen atoms in total. The maximum absolute atomic E-state index is 12.4. The van der Waals surface area contributed by atoms with E-state index in [0.29, 0.717) is 19.6 Å². The Morgan fingerprint density at radius 3 is 2.55 bits per heavy atom. The molecular weight excluding hydrogens is 280 g/mol. The molecule has 0 bridgehead atoms. The van der Waals surface area contributed by atoms with Crippen molar-refractivity contribution in [2.75, 3.05) is 31.8 Å². The van der Waals surface area contributed by atoms with E-state index in [9.17, 15) is 13.2 Å². The zero-order chi connectivity index (χ0) is 14.6. The number of sulfone groups is 1. The molecule has 1 N–H and O–H groups in total. The fourth-order valence-corrected chi connectivity index (χ4v) is 4.72. The molecule has 1 saturated heterocycles. The van der Waals surface area contributed by atoms with Crippen LogP contribution in [0.5, 0.6) is 0 Å². The number of amides is 2. The Balaban J connectivity index is 1.96. The molecule has 0 aromatic heterocycles. The SMILES string of the molecule is COCCN(C(=O)NC1CCCC1)C1CCS(=O)(=O)C1. The number of urea groups is 1. The van der Waals surface area contributed by atoms with Crippen LogP contribution in [-0.4, -0.2) is 63.2 Å². The molecule has 0 aromatic rings. The summed E-state index contributed by atoms with van der Waals surface area (Å²) in [6, 6.07) is -0.113. The van der Waals surface area contributed by atoms with E-state index < -0.39 is 9.84 Å². The molecule has 2 amide bonds. The number of carbonyl (C=O) groups excluding carboxylic acids is 1. The maximum Gasteiger partial charge on any atom is 0.317 e. The van der Waals surface area contributed by atoms with Crippen LogP contribution in [0.1, 0.15) is 32.1 Å². The van der Waals surface area contributed by atoms with Crippen molar-refractivity contribution in [3.05, 3.63) is 0 Å². The van der Waals surface area contributed by atoms with Crippen molar-refractivity contribution in [1.82, 2.24) is 10.2 Å². The van der Waals surface area contributed by atoms with Gasteiger partial charge in [0.05, 0.1) is 18.1 Å². The predicted molar refractivity (Wildman–Crippen MR) is 76.4 cm³/mol. The van der Waals surface area contributed by atoms with Crippen LogP contribution < -0.4 is 5.32 Å². The van der Waals surface area contributed by atoms with Crippen molar-refractivity contribution < 1.29 is 17.9 Å². The zero-order valence-electron chi connectivity index (χ0n) is 12.0. The number of rotatable bonds is 5. The number of carbonyl (C=O) groups is 1. The van der Waals surface area contributed by atoms with Gasteiger partial charge in [-0.2, -0.15) is 0 Å². The summed E-state index contributed by atoms with van der Waals surface area (Å²) in [7, 11) is -1.41. The Bertz CT molecular complexity index is 432. The van der Waals surface area contributed by atoms with Gasteiger partial charge in [-0.1, -0.05) is 12.8 Å². The molecule has 20 heavy (non-hydrogen) atoms. The summed E-state index contributed by atoms with van der Waals surface area (Å²) in [5, 5.41) is 3.03. The third-order valence-corrected chi connectivity index (χ3v) is 5.88. The van der Waals surface area contributed by atoms with Crippen LogP contribution in [0.15, 0.2) is 0 Å². The Labute approximate surface area is 120 Å². The summed E-state index contributed by atoms with van der Waals surface area (Å²) in [6.45, 7) is 0.865. The Kier molecular flexibility index (Phi) is 5.26. The number of hydrogen-bond donors (Lipinski definition) is 1. The van der Waals surface area contributed by atoms with E-state index in [4.69, 9.17) is 4.74 Å². The Morgan fingerprint density at radius 2 is 2.00 bits per heavy atom. The van der Waals surface area contributed by atoms with Gasteiger partial charge in [-0.05, 0) is 19.3 Å². The smallest absolute Gasteiger partial charge is 0.317 e. The van der Waals surface area contributed by atoms with Crippen LogP contribution in [0.25, 0.3) is 0 Å². The maximum atomic E-state index is 12.4. The molecule has 2 rings (SSSR count). The molecule has 1 heterocycles. The molecule has 116 valence electrons. The van der Waals surface area contributed by atoms with Gasteiger partial charge >= 0.3 is 6.03 Å². The molecule has 1 saturated carbocycles. The summed E-state index contributed by atoms with van der Waals surface area (Å²) >= 11 is 0. The summed E-state index contributed by atoms with van der Waals surface area (Å²) in [4.78, 5) is 14.0. The molecule has 1 aliphatic carbocycles. The van der Waals surface area contributed by atoms with Gasteiger partial charge in [0.25, 0.3) is 0 Å². The quantitative estimate of drug-likeness (QED) is 0.814. The van der Waals surface area contributed by atoms with Crippen molar-refractivity contribution in [3.8, 4) is 0 Å². The Hall–Kier alpha value is -0.820. The van der Waals surface area contributed by atoms with Crippen LogP contribution in [0, 0.1) is 0 Å². The van der Waals surface area contributed by atoms with E-state index in [1.807, 2.05) is 0 Å². The van der Waals surface area contributed by atoms with Crippen LogP contribution in [0.2, 0.25) is 0 Å². The van der Waals surface area contributed by atoms with E-state index in [2.05, 4.69) is 5.32 Å². The number of nitrogens with zero attached hydrogens (tertiary/aromatic N) is 1. The minimum atomic E-state index is -2.99. The molecule has 0 aromatic carbocycles. The van der Waals surface area contributed by atoms with E-state index in [-0.39, 0.29) is 29.6 Å². The second-order valence-corrected chi connectivity index (χ2v) is 7.90.